The fourth-order valence-corrected chi connectivity index (χ4v) is 3.01. The SMILES string of the molecule is CCSc1cccc(OCCN(C)C2CC2)c1C(=N)N. The van der Waals surface area contributed by atoms with Crippen molar-refractivity contribution < 1.29 is 4.74 Å². The molecule has 0 spiro atoms. The van der Waals surface area contributed by atoms with Crippen molar-refractivity contribution in [2.24, 2.45) is 5.73 Å². The molecule has 20 heavy (non-hydrogen) atoms. The van der Waals surface area contributed by atoms with Gasteiger partial charge in [-0.25, -0.2) is 0 Å². The van der Waals surface area contributed by atoms with E-state index in [9.17, 15) is 0 Å². The van der Waals surface area contributed by atoms with Gasteiger partial charge in [-0.15, -0.1) is 11.8 Å². The molecule has 0 saturated heterocycles. The van der Waals surface area contributed by atoms with E-state index in [-0.39, 0.29) is 5.84 Å². The van der Waals surface area contributed by atoms with E-state index in [4.69, 9.17) is 15.9 Å². The average molecular weight is 293 g/mol. The van der Waals surface area contributed by atoms with E-state index >= 15 is 0 Å². The summed E-state index contributed by atoms with van der Waals surface area (Å²) < 4.78 is 5.86. The Morgan fingerprint density at radius 3 is 2.85 bits per heavy atom. The highest BCUT2D eigenvalue weighted by atomic mass is 32.2. The highest BCUT2D eigenvalue weighted by Crippen LogP contribution is 2.30. The van der Waals surface area contributed by atoms with Gasteiger partial charge in [-0.3, -0.25) is 5.41 Å². The normalized spacial score (nSPS) is 14.6. The molecule has 4 nitrogen and oxygen atoms in total. The van der Waals surface area contributed by atoms with Crippen molar-refractivity contribution in [2.75, 3.05) is 26.0 Å². The van der Waals surface area contributed by atoms with Crippen molar-refractivity contribution in [3.8, 4) is 5.75 Å². The molecule has 1 aliphatic carbocycles. The molecule has 0 unspecified atom stereocenters. The van der Waals surface area contributed by atoms with Crippen LogP contribution in [0.1, 0.15) is 25.3 Å². The van der Waals surface area contributed by atoms with Gasteiger partial charge in [0.25, 0.3) is 0 Å². The Morgan fingerprint density at radius 2 is 2.25 bits per heavy atom. The first-order valence-corrected chi connectivity index (χ1v) is 8.05. The topological polar surface area (TPSA) is 62.3 Å². The molecule has 0 bridgehead atoms. The number of ether oxygens (including phenoxy) is 1. The molecule has 0 heterocycles. The second-order valence-corrected chi connectivity index (χ2v) is 6.34. The maximum absolute atomic E-state index is 7.77. The van der Waals surface area contributed by atoms with Crippen LogP contribution in [0.3, 0.4) is 0 Å². The molecule has 5 heteroatoms. The smallest absolute Gasteiger partial charge is 0.131 e. The molecule has 0 amide bonds. The number of rotatable bonds is 8. The number of nitrogens with one attached hydrogen (secondary N) is 1. The van der Waals surface area contributed by atoms with Crippen LogP contribution in [0.5, 0.6) is 5.75 Å². The molecule has 1 aliphatic rings. The lowest BCUT2D eigenvalue weighted by Crippen LogP contribution is -2.26. The van der Waals surface area contributed by atoms with Gasteiger partial charge in [-0.05, 0) is 37.8 Å². The molecular weight excluding hydrogens is 270 g/mol. The summed E-state index contributed by atoms with van der Waals surface area (Å²) >= 11 is 1.69. The average Bonchev–Trinajstić information content (AvgIpc) is 3.23. The zero-order valence-electron chi connectivity index (χ0n) is 12.2. The van der Waals surface area contributed by atoms with Gasteiger partial charge in [-0.2, -0.15) is 0 Å². The minimum Gasteiger partial charge on any atom is -0.491 e. The van der Waals surface area contributed by atoms with E-state index in [0.29, 0.717) is 6.61 Å². The number of nitrogen functional groups attached to an aromatic ring is 1. The van der Waals surface area contributed by atoms with Gasteiger partial charge >= 0.3 is 0 Å². The second kappa shape index (κ2) is 6.99. The molecular formula is C15H23N3OS. The Balaban J connectivity index is 2.01. The Morgan fingerprint density at radius 1 is 1.50 bits per heavy atom. The largest absolute Gasteiger partial charge is 0.491 e. The Hall–Kier alpha value is -1.20. The molecule has 110 valence electrons. The fourth-order valence-electron chi connectivity index (χ4n) is 2.17. The van der Waals surface area contributed by atoms with Crippen LogP contribution in [0, 0.1) is 5.41 Å². The summed E-state index contributed by atoms with van der Waals surface area (Å²) in [6.07, 6.45) is 2.61. The van der Waals surface area contributed by atoms with Crippen molar-refractivity contribution >= 4 is 17.6 Å². The monoisotopic (exact) mass is 293 g/mol. The number of thioether (sulfide) groups is 1. The maximum atomic E-state index is 7.77. The summed E-state index contributed by atoms with van der Waals surface area (Å²) in [6, 6.07) is 6.60. The summed E-state index contributed by atoms with van der Waals surface area (Å²) in [5.41, 5.74) is 6.44. The second-order valence-electron chi connectivity index (χ2n) is 5.04. The van der Waals surface area contributed by atoms with Gasteiger partial charge in [0.1, 0.15) is 18.2 Å². The summed E-state index contributed by atoms with van der Waals surface area (Å²) in [5.74, 6) is 1.75. The van der Waals surface area contributed by atoms with Crippen molar-refractivity contribution in [3.63, 3.8) is 0 Å². The van der Waals surface area contributed by atoms with E-state index in [1.54, 1.807) is 11.8 Å². The molecule has 0 aliphatic heterocycles. The lowest BCUT2D eigenvalue weighted by Gasteiger charge is -2.18. The quantitative estimate of drug-likeness (QED) is 0.439. The number of hydrogen-bond acceptors (Lipinski definition) is 4. The summed E-state index contributed by atoms with van der Waals surface area (Å²) in [5, 5.41) is 7.77. The number of amidine groups is 1. The van der Waals surface area contributed by atoms with Crippen LogP contribution in [-0.4, -0.2) is 42.7 Å². The maximum Gasteiger partial charge on any atom is 0.131 e. The molecule has 1 saturated carbocycles. The van der Waals surface area contributed by atoms with Crippen molar-refractivity contribution in [3.05, 3.63) is 23.8 Å². The predicted octanol–water partition coefficient (Wildman–Crippen LogP) is 2.56. The van der Waals surface area contributed by atoms with Crippen LogP contribution in [-0.2, 0) is 0 Å². The van der Waals surface area contributed by atoms with Crippen LogP contribution in [0.4, 0.5) is 0 Å². The lowest BCUT2D eigenvalue weighted by molar-refractivity contribution is 0.231. The standard InChI is InChI=1S/C15H23N3OS/c1-3-20-13-6-4-5-12(14(13)15(16)17)19-10-9-18(2)11-7-8-11/h4-6,11H,3,7-10H2,1-2H3,(H3,16,17). The molecule has 0 aromatic heterocycles. The minimum absolute atomic E-state index is 0.0760. The summed E-state index contributed by atoms with van der Waals surface area (Å²) in [6.45, 7) is 3.63. The van der Waals surface area contributed by atoms with Crippen LogP contribution < -0.4 is 10.5 Å². The lowest BCUT2D eigenvalue weighted by atomic mass is 10.2. The van der Waals surface area contributed by atoms with E-state index < -0.39 is 0 Å². The van der Waals surface area contributed by atoms with Crippen molar-refractivity contribution in [2.45, 2.75) is 30.7 Å². The van der Waals surface area contributed by atoms with E-state index in [1.165, 1.54) is 12.8 Å². The molecule has 0 radical (unpaired) electrons. The molecule has 3 N–H and O–H groups in total. The number of nitrogens with two attached hydrogens (primary N) is 1. The summed E-state index contributed by atoms with van der Waals surface area (Å²) in [4.78, 5) is 3.35. The van der Waals surface area contributed by atoms with Crippen LogP contribution in [0.2, 0.25) is 0 Å². The van der Waals surface area contributed by atoms with Gasteiger partial charge in [0.15, 0.2) is 0 Å². The Bertz CT molecular complexity index is 474. The van der Waals surface area contributed by atoms with E-state index in [0.717, 1.165) is 34.5 Å². The highest BCUT2D eigenvalue weighted by molar-refractivity contribution is 7.99. The first-order chi connectivity index (χ1) is 9.63. The number of nitrogens with zero attached hydrogens (tertiary/aromatic N) is 1. The Kier molecular flexibility index (Phi) is 5.31. The van der Waals surface area contributed by atoms with Crippen LogP contribution >= 0.6 is 11.8 Å². The van der Waals surface area contributed by atoms with Gasteiger partial charge < -0.3 is 15.4 Å². The van der Waals surface area contributed by atoms with E-state index in [1.807, 2.05) is 18.2 Å². The van der Waals surface area contributed by atoms with Crippen LogP contribution in [0.15, 0.2) is 23.1 Å². The predicted molar refractivity (Wildman–Crippen MR) is 85.0 cm³/mol. The number of hydrogen-bond donors (Lipinski definition) is 2. The van der Waals surface area contributed by atoms with Crippen molar-refractivity contribution in [1.29, 1.82) is 5.41 Å². The first kappa shape index (κ1) is 15.2. The third-order valence-electron chi connectivity index (χ3n) is 3.43. The van der Waals surface area contributed by atoms with Gasteiger partial charge in [0.05, 0.1) is 5.56 Å². The molecule has 2 rings (SSSR count). The first-order valence-electron chi connectivity index (χ1n) is 7.06. The van der Waals surface area contributed by atoms with E-state index in [2.05, 4.69) is 18.9 Å². The van der Waals surface area contributed by atoms with Gasteiger partial charge in [0, 0.05) is 17.5 Å². The zero-order valence-corrected chi connectivity index (χ0v) is 13.0. The van der Waals surface area contributed by atoms with Crippen LogP contribution in [0.25, 0.3) is 0 Å². The van der Waals surface area contributed by atoms with Gasteiger partial charge in [-0.1, -0.05) is 13.0 Å². The Labute approximate surface area is 125 Å². The molecule has 1 aromatic rings. The number of benzene rings is 1. The third-order valence-corrected chi connectivity index (χ3v) is 4.37. The fraction of sp³-hybridized carbons (Fsp3) is 0.533. The zero-order chi connectivity index (χ0) is 14.5. The minimum atomic E-state index is 0.0760. The van der Waals surface area contributed by atoms with Gasteiger partial charge in [0.2, 0.25) is 0 Å². The third kappa shape index (κ3) is 3.90. The molecule has 0 atom stereocenters. The van der Waals surface area contributed by atoms with Crippen molar-refractivity contribution in [1.82, 2.24) is 4.90 Å². The molecule has 1 fully saturated rings. The highest BCUT2D eigenvalue weighted by Gasteiger charge is 2.25. The molecule has 1 aromatic carbocycles. The number of likely N-dealkylation sites (N-methyl/N-ethyl adjacent to an activating group) is 1. The summed E-state index contributed by atoms with van der Waals surface area (Å²) in [7, 11) is 2.14.